The van der Waals surface area contributed by atoms with Gasteiger partial charge in [0.1, 0.15) is 0 Å². The van der Waals surface area contributed by atoms with Crippen LogP contribution in [0.5, 0.6) is 0 Å². The summed E-state index contributed by atoms with van der Waals surface area (Å²) in [6, 6.07) is 4.53. The summed E-state index contributed by atoms with van der Waals surface area (Å²) in [7, 11) is -0.994. The molecule has 114 valence electrons. The highest BCUT2D eigenvalue weighted by Crippen LogP contribution is 2.29. The SMILES string of the molecule is CC(CNC(=O)N1CCc2ccc(C(=O)O)cc21)S(C)=O. The van der Waals surface area contributed by atoms with Crippen LogP contribution in [0.15, 0.2) is 18.2 Å². The minimum absolute atomic E-state index is 0.124. The van der Waals surface area contributed by atoms with E-state index < -0.39 is 16.8 Å². The Labute approximate surface area is 125 Å². The van der Waals surface area contributed by atoms with Gasteiger partial charge in [0, 0.05) is 41.1 Å². The fourth-order valence-corrected chi connectivity index (χ4v) is 2.49. The fourth-order valence-electron chi connectivity index (χ4n) is 2.17. The number of nitrogens with one attached hydrogen (secondary N) is 1. The van der Waals surface area contributed by atoms with Crippen molar-refractivity contribution < 1.29 is 18.9 Å². The van der Waals surface area contributed by atoms with Crippen molar-refractivity contribution in [3.63, 3.8) is 0 Å². The summed E-state index contributed by atoms with van der Waals surface area (Å²) >= 11 is 0. The van der Waals surface area contributed by atoms with Crippen LogP contribution in [0.1, 0.15) is 22.8 Å². The lowest BCUT2D eigenvalue weighted by molar-refractivity contribution is 0.0697. The van der Waals surface area contributed by atoms with Gasteiger partial charge in [-0.1, -0.05) is 6.07 Å². The Morgan fingerprint density at radius 3 is 2.81 bits per heavy atom. The predicted octanol–water partition coefficient (Wildman–Crippen LogP) is 1.22. The molecular formula is C14H18N2O4S. The maximum absolute atomic E-state index is 12.2. The Hall–Kier alpha value is -1.89. The second kappa shape index (κ2) is 6.26. The number of anilines is 1. The Bertz CT molecular complexity index is 603. The van der Waals surface area contributed by atoms with Gasteiger partial charge in [0.15, 0.2) is 0 Å². The van der Waals surface area contributed by atoms with Gasteiger partial charge in [-0.2, -0.15) is 0 Å². The van der Waals surface area contributed by atoms with Gasteiger partial charge in [0.2, 0.25) is 0 Å². The van der Waals surface area contributed by atoms with Crippen LogP contribution in [-0.4, -0.2) is 45.9 Å². The molecule has 2 N–H and O–H groups in total. The van der Waals surface area contributed by atoms with Crippen LogP contribution in [0.4, 0.5) is 10.5 Å². The number of rotatable bonds is 4. The molecule has 1 aromatic carbocycles. The first kappa shape index (κ1) is 15.5. The van der Waals surface area contributed by atoms with Crippen LogP contribution in [0.3, 0.4) is 0 Å². The van der Waals surface area contributed by atoms with Gasteiger partial charge in [-0.05, 0) is 31.0 Å². The summed E-state index contributed by atoms with van der Waals surface area (Å²) in [5, 5.41) is 11.6. The number of urea groups is 1. The van der Waals surface area contributed by atoms with E-state index in [1.54, 1.807) is 25.3 Å². The third-order valence-electron chi connectivity index (χ3n) is 3.58. The van der Waals surface area contributed by atoms with Crippen molar-refractivity contribution in [2.75, 3.05) is 24.2 Å². The van der Waals surface area contributed by atoms with E-state index in [0.717, 1.165) is 5.56 Å². The van der Waals surface area contributed by atoms with Gasteiger partial charge < -0.3 is 10.4 Å². The number of carboxylic acid groups (broad SMARTS) is 1. The molecule has 1 heterocycles. The second-order valence-electron chi connectivity index (χ2n) is 5.05. The van der Waals surface area contributed by atoms with Crippen molar-refractivity contribution in [1.29, 1.82) is 0 Å². The molecule has 1 aromatic rings. The summed E-state index contributed by atoms with van der Waals surface area (Å²) in [6.45, 7) is 2.65. The molecule has 7 heteroatoms. The average Bonchev–Trinajstić information content (AvgIpc) is 2.86. The molecule has 0 bridgehead atoms. The van der Waals surface area contributed by atoms with Crippen molar-refractivity contribution in [2.24, 2.45) is 0 Å². The Morgan fingerprint density at radius 1 is 1.48 bits per heavy atom. The summed E-state index contributed by atoms with van der Waals surface area (Å²) in [5.41, 5.74) is 1.76. The number of hydrogen-bond donors (Lipinski definition) is 2. The van der Waals surface area contributed by atoms with Crippen LogP contribution < -0.4 is 10.2 Å². The lowest BCUT2D eigenvalue weighted by atomic mass is 10.1. The van der Waals surface area contributed by atoms with Crippen LogP contribution in [0, 0.1) is 0 Å². The molecule has 0 saturated heterocycles. The van der Waals surface area contributed by atoms with E-state index in [-0.39, 0.29) is 16.8 Å². The van der Waals surface area contributed by atoms with Gasteiger partial charge >= 0.3 is 12.0 Å². The number of carbonyl (C=O) groups excluding carboxylic acids is 1. The lowest BCUT2D eigenvalue weighted by Crippen LogP contribution is -2.42. The van der Waals surface area contributed by atoms with E-state index in [9.17, 15) is 13.8 Å². The largest absolute Gasteiger partial charge is 0.478 e. The standard InChI is InChI=1S/C14H18N2O4S/c1-9(21(2)20)8-15-14(19)16-6-5-10-3-4-11(13(17)18)7-12(10)16/h3-4,7,9H,5-6,8H2,1-2H3,(H,15,19)(H,17,18). The van der Waals surface area contributed by atoms with Crippen molar-refractivity contribution in [3.05, 3.63) is 29.3 Å². The molecule has 0 aliphatic carbocycles. The number of hydrogen-bond acceptors (Lipinski definition) is 3. The molecule has 0 fully saturated rings. The molecule has 1 aliphatic heterocycles. The molecule has 0 radical (unpaired) electrons. The van der Waals surface area contributed by atoms with E-state index in [1.165, 1.54) is 11.0 Å². The first-order valence-electron chi connectivity index (χ1n) is 6.64. The molecule has 2 unspecified atom stereocenters. The summed E-state index contributed by atoms with van der Waals surface area (Å²) in [4.78, 5) is 24.7. The van der Waals surface area contributed by atoms with Gasteiger partial charge in [0.05, 0.1) is 5.56 Å². The topological polar surface area (TPSA) is 86.7 Å². The van der Waals surface area contributed by atoms with Gasteiger partial charge in [-0.3, -0.25) is 9.11 Å². The number of carboxylic acids is 1. The van der Waals surface area contributed by atoms with Crippen LogP contribution in [-0.2, 0) is 17.2 Å². The zero-order chi connectivity index (χ0) is 15.6. The zero-order valence-electron chi connectivity index (χ0n) is 12.0. The fraction of sp³-hybridized carbons (Fsp3) is 0.429. The molecular weight excluding hydrogens is 292 g/mol. The van der Waals surface area contributed by atoms with E-state index >= 15 is 0 Å². The van der Waals surface area contributed by atoms with Crippen molar-refractivity contribution in [3.8, 4) is 0 Å². The number of amides is 2. The highest BCUT2D eigenvalue weighted by Gasteiger charge is 2.26. The number of fused-ring (bicyclic) bond motifs is 1. The third kappa shape index (κ3) is 3.41. The number of nitrogens with zero attached hydrogens (tertiary/aromatic N) is 1. The minimum atomic E-state index is -1.01. The maximum Gasteiger partial charge on any atom is 0.335 e. The Balaban J connectivity index is 2.10. The predicted molar refractivity (Wildman–Crippen MR) is 81.4 cm³/mol. The molecule has 6 nitrogen and oxygen atoms in total. The first-order valence-corrected chi connectivity index (χ1v) is 8.26. The number of aromatic carboxylic acids is 1. The summed E-state index contributed by atoms with van der Waals surface area (Å²) < 4.78 is 11.3. The second-order valence-corrected chi connectivity index (χ2v) is 6.85. The first-order chi connectivity index (χ1) is 9.90. The van der Waals surface area contributed by atoms with E-state index in [0.29, 0.717) is 25.2 Å². The van der Waals surface area contributed by atoms with Gasteiger partial charge in [-0.15, -0.1) is 0 Å². The molecule has 2 rings (SSSR count). The van der Waals surface area contributed by atoms with E-state index in [2.05, 4.69) is 5.32 Å². The Kier molecular flexibility index (Phi) is 4.62. The average molecular weight is 310 g/mol. The van der Waals surface area contributed by atoms with Gasteiger partial charge in [0.25, 0.3) is 0 Å². The molecule has 1 aliphatic rings. The lowest BCUT2D eigenvalue weighted by Gasteiger charge is -2.19. The molecule has 0 spiro atoms. The smallest absolute Gasteiger partial charge is 0.335 e. The molecule has 2 atom stereocenters. The minimum Gasteiger partial charge on any atom is -0.478 e. The third-order valence-corrected chi connectivity index (χ3v) is 4.88. The monoisotopic (exact) mass is 310 g/mol. The summed E-state index contributed by atoms with van der Waals surface area (Å²) in [6.07, 6.45) is 2.30. The van der Waals surface area contributed by atoms with Crippen LogP contribution in [0.25, 0.3) is 0 Å². The number of benzene rings is 1. The highest BCUT2D eigenvalue weighted by atomic mass is 32.2. The Morgan fingerprint density at radius 2 is 2.19 bits per heavy atom. The van der Waals surface area contributed by atoms with Crippen molar-refractivity contribution in [1.82, 2.24) is 5.32 Å². The van der Waals surface area contributed by atoms with Crippen molar-refractivity contribution >= 4 is 28.5 Å². The van der Waals surface area contributed by atoms with Gasteiger partial charge in [-0.25, -0.2) is 9.59 Å². The maximum atomic E-state index is 12.2. The molecule has 0 saturated carbocycles. The molecule has 0 aromatic heterocycles. The van der Waals surface area contributed by atoms with E-state index in [4.69, 9.17) is 5.11 Å². The van der Waals surface area contributed by atoms with Crippen LogP contribution in [0.2, 0.25) is 0 Å². The number of carbonyl (C=O) groups is 2. The quantitative estimate of drug-likeness (QED) is 0.875. The zero-order valence-corrected chi connectivity index (χ0v) is 12.8. The summed E-state index contributed by atoms with van der Waals surface area (Å²) in [5.74, 6) is -1.01. The molecule has 21 heavy (non-hydrogen) atoms. The van der Waals surface area contributed by atoms with E-state index in [1.807, 2.05) is 0 Å². The highest BCUT2D eigenvalue weighted by molar-refractivity contribution is 7.84. The molecule has 2 amide bonds. The van der Waals surface area contributed by atoms with Crippen molar-refractivity contribution in [2.45, 2.75) is 18.6 Å². The van der Waals surface area contributed by atoms with Crippen LogP contribution >= 0.6 is 0 Å². The normalized spacial score (nSPS) is 16.2.